The van der Waals surface area contributed by atoms with Gasteiger partial charge in [-0.1, -0.05) is 0 Å². The van der Waals surface area contributed by atoms with Crippen molar-refractivity contribution >= 4 is 22.8 Å². The Bertz CT molecular complexity index is 1050. The standard InChI is InChI=1S/C17H18N4O3S/c1-5-24-11-8-6-10(7-9-11)13-18-14-12(15(19-13)25-4)16(22)21(3)17(23)20(14)2/h6-9H,5H2,1-4H3. The van der Waals surface area contributed by atoms with Gasteiger partial charge in [0, 0.05) is 19.7 Å². The minimum absolute atomic E-state index is 0.330. The average Bonchev–Trinajstić information content (AvgIpc) is 2.64. The first-order valence-electron chi connectivity index (χ1n) is 7.73. The summed E-state index contributed by atoms with van der Waals surface area (Å²) in [4.78, 5) is 33.7. The van der Waals surface area contributed by atoms with Gasteiger partial charge in [0.15, 0.2) is 11.5 Å². The predicted molar refractivity (Wildman–Crippen MR) is 98.4 cm³/mol. The average molecular weight is 358 g/mol. The lowest BCUT2D eigenvalue weighted by atomic mass is 10.2. The van der Waals surface area contributed by atoms with Crippen molar-refractivity contribution in [3.63, 3.8) is 0 Å². The van der Waals surface area contributed by atoms with Crippen molar-refractivity contribution in [1.29, 1.82) is 0 Å². The highest BCUT2D eigenvalue weighted by Gasteiger charge is 2.17. The molecule has 2 aromatic heterocycles. The van der Waals surface area contributed by atoms with Gasteiger partial charge in [-0.25, -0.2) is 14.8 Å². The second-order valence-corrected chi connectivity index (χ2v) is 6.21. The molecule has 0 bridgehead atoms. The van der Waals surface area contributed by atoms with Gasteiger partial charge in [0.1, 0.15) is 16.2 Å². The smallest absolute Gasteiger partial charge is 0.332 e. The Balaban J connectivity index is 2.28. The fraction of sp³-hybridized carbons (Fsp3) is 0.294. The van der Waals surface area contributed by atoms with Crippen molar-refractivity contribution in [2.45, 2.75) is 11.9 Å². The normalized spacial score (nSPS) is 11.0. The Kier molecular flexibility index (Phi) is 4.63. The molecule has 0 radical (unpaired) electrons. The zero-order valence-corrected chi connectivity index (χ0v) is 15.3. The molecule has 2 heterocycles. The van der Waals surface area contributed by atoms with E-state index in [0.29, 0.717) is 28.5 Å². The van der Waals surface area contributed by atoms with E-state index in [2.05, 4.69) is 9.97 Å². The first-order valence-corrected chi connectivity index (χ1v) is 8.95. The van der Waals surface area contributed by atoms with Crippen LogP contribution in [0.2, 0.25) is 0 Å². The van der Waals surface area contributed by atoms with Crippen LogP contribution in [0.4, 0.5) is 0 Å². The van der Waals surface area contributed by atoms with E-state index in [-0.39, 0.29) is 5.56 Å². The summed E-state index contributed by atoms with van der Waals surface area (Å²) in [6.07, 6.45) is 1.84. The van der Waals surface area contributed by atoms with E-state index < -0.39 is 5.69 Å². The number of hydrogen-bond donors (Lipinski definition) is 0. The molecule has 3 aromatic rings. The molecular weight excluding hydrogens is 340 g/mol. The summed E-state index contributed by atoms with van der Waals surface area (Å²) >= 11 is 1.35. The molecule has 0 aliphatic rings. The third kappa shape index (κ3) is 2.93. The molecule has 1 aromatic carbocycles. The maximum atomic E-state index is 12.5. The van der Waals surface area contributed by atoms with Crippen LogP contribution >= 0.6 is 11.8 Å². The summed E-state index contributed by atoms with van der Waals surface area (Å²) in [6.45, 7) is 2.51. The number of nitrogens with zero attached hydrogens (tertiary/aromatic N) is 4. The van der Waals surface area contributed by atoms with Gasteiger partial charge in [0.05, 0.1) is 6.61 Å². The van der Waals surface area contributed by atoms with Crippen molar-refractivity contribution in [2.75, 3.05) is 12.9 Å². The predicted octanol–water partition coefficient (Wildman–Crippen LogP) is 1.81. The lowest BCUT2D eigenvalue weighted by Gasteiger charge is -2.11. The summed E-state index contributed by atoms with van der Waals surface area (Å²) in [7, 11) is 3.05. The number of thioether (sulfide) groups is 1. The van der Waals surface area contributed by atoms with Crippen LogP contribution in [0.25, 0.3) is 22.4 Å². The number of benzene rings is 1. The number of aryl methyl sites for hydroxylation is 1. The van der Waals surface area contributed by atoms with Crippen LogP contribution in [0.3, 0.4) is 0 Å². The van der Waals surface area contributed by atoms with E-state index in [0.717, 1.165) is 15.9 Å². The van der Waals surface area contributed by atoms with Crippen molar-refractivity contribution in [3.8, 4) is 17.1 Å². The number of fused-ring (bicyclic) bond motifs is 1. The Morgan fingerprint density at radius 2 is 1.76 bits per heavy atom. The fourth-order valence-electron chi connectivity index (χ4n) is 2.57. The van der Waals surface area contributed by atoms with E-state index in [4.69, 9.17) is 4.74 Å². The van der Waals surface area contributed by atoms with Crippen molar-refractivity contribution in [3.05, 3.63) is 45.1 Å². The van der Waals surface area contributed by atoms with Gasteiger partial charge in [-0.05, 0) is 37.4 Å². The molecule has 0 N–H and O–H groups in total. The van der Waals surface area contributed by atoms with Crippen LogP contribution in [0, 0.1) is 0 Å². The summed E-state index contributed by atoms with van der Waals surface area (Å²) in [5, 5.41) is 0.900. The van der Waals surface area contributed by atoms with Crippen LogP contribution in [-0.2, 0) is 14.1 Å². The molecule has 0 spiro atoms. The fourth-order valence-corrected chi connectivity index (χ4v) is 3.13. The van der Waals surface area contributed by atoms with Crippen LogP contribution in [0.1, 0.15) is 6.92 Å². The second kappa shape index (κ2) is 6.72. The third-order valence-corrected chi connectivity index (χ3v) is 4.57. The Morgan fingerprint density at radius 1 is 1.08 bits per heavy atom. The zero-order valence-electron chi connectivity index (χ0n) is 14.4. The number of aromatic nitrogens is 4. The first-order chi connectivity index (χ1) is 12.0. The van der Waals surface area contributed by atoms with Gasteiger partial charge >= 0.3 is 5.69 Å². The molecule has 0 atom stereocenters. The van der Waals surface area contributed by atoms with Crippen molar-refractivity contribution in [1.82, 2.24) is 19.1 Å². The van der Waals surface area contributed by atoms with Gasteiger partial charge < -0.3 is 4.74 Å². The lowest BCUT2D eigenvalue weighted by Crippen LogP contribution is -2.37. The van der Waals surface area contributed by atoms with Gasteiger partial charge in [-0.15, -0.1) is 11.8 Å². The Morgan fingerprint density at radius 3 is 2.36 bits per heavy atom. The van der Waals surface area contributed by atoms with Crippen LogP contribution in [-0.4, -0.2) is 32.0 Å². The van der Waals surface area contributed by atoms with Crippen LogP contribution in [0.15, 0.2) is 38.9 Å². The largest absolute Gasteiger partial charge is 0.494 e. The topological polar surface area (TPSA) is 79.0 Å². The molecule has 0 saturated carbocycles. The maximum absolute atomic E-state index is 12.5. The molecule has 0 fully saturated rings. The van der Waals surface area contributed by atoms with E-state index in [1.807, 2.05) is 37.4 Å². The summed E-state index contributed by atoms with van der Waals surface area (Å²) < 4.78 is 7.88. The number of hydrogen-bond acceptors (Lipinski definition) is 6. The number of ether oxygens (including phenoxy) is 1. The molecule has 130 valence electrons. The molecule has 0 aliphatic heterocycles. The highest BCUT2D eigenvalue weighted by atomic mass is 32.2. The minimum Gasteiger partial charge on any atom is -0.494 e. The Hall–Kier alpha value is -2.61. The van der Waals surface area contributed by atoms with E-state index in [9.17, 15) is 9.59 Å². The number of rotatable bonds is 4. The van der Waals surface area contributed by atoms with E-state index in [1.165, 1.54) is 23.4 Å². The molecule has 0 unspecified atom stereocenters. The Labute approximate surface area is 148 Å². The molecule has 0 amide bonds. The molecule has 0 aliphatic carbocycles. The van der Waals surface area contributed by atoms with Crippen LogP contribution in [0.5, 0.6) is 5.75 Å². The third-order valence-electron chi connectivity index (χ3n) is 3.88. The molecule has 0 saturated heterocycles. The van der Waals surface area contributed by atoms with Gasteiger partial charge in [-0.2, -0.15) is 0 Å². The van der Waals surface area contributed by atoms with Crippen LogP contribution < -0.4 is 16.0 Å². The second-order valence-electron chi connectivity index (χ2n) is 5.42. The van der Waals surface area contributed by atoms with E-state index in [1.54, 1.807) is 7.05 Å². The summed E-state index contributed by atoms with van der Waals surface area (Å²) in [5.41, 5.74) is 0.312. The minimum atomic E-state index is -0.416. The summed E-state index contributed by atoms with van der Waals surface area (Å²) in [5.74, 6) is 1.22. The van der Waals surface area contributed by atoms with Crippen molar-refractivity contribution < 1.29 is 4.74 Å². The SMILES string of the molecule is CCOc1ccc(-c2nc(SC)c3c(=O)n(C)c(=O)n(C)c3n2)cc1. The monoisotopic (exact) mass is 358 g/mol. The molecular formula is C17H18N4O3S. The summed E-state index contributed by atoms with van der Waals surface area (Å²) in [6, 6.07) is 7.40. The molecule has 8 heteroatoms. The van der Waals surface area contributed by atoms with Crippen molar-refractivity contribution in [2.24, 2.45) is 14.1 Å². The molecule has 7 nitrogen and oxygen atoms in total. The quantitative estimate of drug-likeness (QED) is 0.523. The first kappa shape index (κ1) is 17.2. The van der Waals surface area contributed by atoms with Gasteiger partial charge in [0.25, 0.3) is 5.56 Å². The zero-order chi connectivity index (χ0) is 18.1. The maximum Gasteiger partial charge on any atom is 0.332 e. The van der Waals surface area contributed by atoms with Gasteiger partial charge in [-0.3, -0.25) is 13.9 Å². The highest BCUT2D eigenvalue weighted by Crippen LogP contribution is 2.25. The molecule has 3 rings (SSSR count). The van der Waals surface area contributed by atoms with E-state index >= 15 is 0 Å². The molecule has 25 heavy (non-hydrogen) atoms. The highest BCUT2D eigenvalue weighted by molar-refractivity contribution is 7.98. The van der Waals surface area contributed by atoms with Gasteiger partial charge in [0.2, 0.25) is 0 Å². The lowest BCUT2D eigenvalue weighted by molar-refractivity contribution is 0.340.